The number of thiazole rings is 1. The largest absolute Gasteiger partial charge is 0.375 e. The molecule has 1 aromatic carbocycles. The van der Waals surface area contributed by atoms with Gasteiger partial charge in [-0.3, -0.25) is 4.98 Å². The number of nitrogens with two attached hydrogens (primary N) is 1. The molecule has 0 atom stereocenters. The molecule has 3 nitrogen and oxygen atoms in total. The SMILES string of the molecule is Cc1nc(-c2ccccc2)ccc1-c1csc(N)n1. The van der Waals surface area contributed by atoms with Gasteiger partial charge in [0, 0.05) is 22.2 Å². The molecule has 0 aliphatic heterocycles. The molecule has 0 spiro atoms. The van der Waals surface area contributed by atoms with Gasteiger partial charge in [-0.05, 0) is 19.1 Å². The average molecular weight is 267 g/mol. The molecule has 0 fully saturated rings. The van der Waals surface area contributed by atoms with Gasteiger partial charge >= 0.3 is 0 Å². The topological polar surface area (TPSA) is 51.8 Å². The minimum Gasteiger partial charge on any atom is -0.375 e. The molecule has 0 amide bonds. The Morgan fingerprint density at radius 1 is 0.947 bits per heavy atom. The van der Waals surface area contributed by atoms with Gasteiger partial charge in [0.05, 0.1) is 11.4 Å². The maximum absolute atomic E-state index is 5.67. The van der Waals surface area contributed by atoms with E-state index in [0.717, 1.165) is 28.2 Å². The smallest absolute Gasteiger partial charge is 0.180 e. The van der Waals surface area contributed by atoms with Crippen LogP contribution < -0.4 is 5.73 Å². The number of nitrogen functional groups attached to an aromatic ring is 1. The third kappa shape index (κ3) is 2.35. The van der Waals surface area contributed by atoms with Crippen molar-refractivity contribution in [1.29, 1.82) is 0 Å². The molecule has 3 rings (SSSR count). The number of aryl methyl sites for hydroxylation is 1. The van der Waals surface area contributed by atoms with E-state index in [1.807, 2.05) is 36.6 Å². The van der Waals surface area contributed by atoms with E-state index in [0.29, 0.717) is 5.13 Å². The molecule has 0 saturated carbocycles. The number of rotatable bonds is 2. The highest BCUT2D eigenvalue weighted by Gasteiger charge is 2.08. The van der Waals surface area contributed by atoms with E-state index in [4.69, 9.17) is 5.73 Å². The number of hydrogen-bond donors (Lipinski definition) is 1. The molecule has 0 saturated heterocycles. The average Bonchev–Trinajstić information content (AvgIpc) is 2.86. The van der Waals surface area contributed by atoms with E-state index in [-0.39, 0.29) is 0 Å². The summed E-state index contributed by atoms with van der Waals surface area (Å²) in [6.07, 6.45) is 0. The van der Waals surface area contributed by atoms with Gasteiger partial charge in [-0.1, -0.05) is 30.3 Å². The van der Waals surface area contributed by atoms with E-state index in [9.17, 15) is 0 Å². The van der Waals surface area contributed by atoms with Crippen LogP contribution >= 0.6 is 11.3 Å². The van der Waals surface area contributed by atoms with Crippen molar-refractivity contribution in [1.82, 2.24) is 9.97 Å². The Labute approximate surface area is 115 Å². The van der Waals surface area contributed by atoms with Crippen molar-refractivity contribution in [3.05, 3.63) is 53.5 Å². The zero-order valence-corrected chi connectivity index (χ0v) is 11.3. The van der Waals surface area contributed by atoms with E-state index >= 15 is 0 Å². The van der Waals surface area contributed by atoms with Crippen molar-refractivity contribution >= 4 is 16.5 Å². The van der Waals surface area contributed by atoms with Crippen LogP contribution in [0.2, 0.25) is 0 Å². The minimum atomic E-state index is 0.585. The fourth-order valence-corrected chi connectivity index (χ4v) is 2.58. The van der Waals surface area contributed by atoms with Crippen LogP contribution in [0, 0.1) is 6.92 Å². The number of anilines is 1. The Morgan fingerprint density at radius 3 is 2.37 bits per heavy atom. The zero-order chi connectivity index (χ0) is 13.2. The first-order valence-electron chi connectivity index (χ1n) is 5.98. The third-order valence-corrected chi connectivity index (χ3v) is 3.63. The van der Waals surface area contributed by atoms with Gasteiger partial charge in [-0.25, -0.2) is 4.98 Å². The van der Waals surface area contributed by atoms with E-state index in [2.05, 4.69) is 28.2 Å². The number of benzene rings is 1. The van der Waals surface area contributed by atoms with Crippen molar-refractivity contribution in [3.63, 3.8) is 0 Å². The summed E-state index contributed by atoms with van der Waals surface area (Å²) in [5.74, 6) is 0. The molecule has 0 radical (unpaired) electrons. The predicted octanol–water partition coefficient (Wildman–Crippen LogP) is 3.76. The summed E-state index contributed by atoms with van der Waals surface area (Å²) in [5, 5.41) is 2.54. The van der Waals surface area contributed by atoms with Crippen molar-refractivity contribution in [2.75, 3.05) is 5.73 Å². The summed E-state index contributed by atoms with van der Waals surface area (Å²) in [6, 6.07) is 14.2. The van der Waals surface area contributed by atoms with Crippen LogP contribution in [-0.2, 0) is 0 Å². The van der Waals surface area contributed by atoms with Gasteiger partial charge in [0.1, 0.15) is 0 Å². The van der Waals surface area contributed by atoms with E-state index in [1.165, 1.54) is 11.3 Å². The molecule has 19 heavy (non-hydrogen) atoms. The molecule has 3 aromatic rings. The summed E-state index contributed by atoms with van der Waals surface area (Å²) in [7, 11) is 0. The second-order valence-electron chi connectivity index (χ2n) is 4.27. The monoisotopic (exact) mass is 267 g/mol. The molecule has 0 unspecified atom stereocenters. The maximum Gasteiger partial charge on any atom is 0.180 e. The summed E-state index contributed by atoms with van der Waals surface area (Å²) in [4.78, 5) is 8.95. The van der Waals surface area contributed by atoms with Crippen molar-refractivity contribution in [2.45, 2.75) is 6.92 Å². The Balaban J connectivity index is 2.03. The second kappa shape index (κ2) is 4.82. The number of hydrogen-bond acceptors (Lipinski definition) is 4. The van der Waals surface area contributed by atoms with Gasteiger partial charge in [0.15, 0.2) is 5.13 Å². The van der Waals surface area contributed by atoms with Crippen molar-refractivity contribution in [2.24, 2.45) is 0 Å². The summed E-state index contributed by atoms with van der Waals surface area (Å²) >= 11 is 1.45. The second-order valence-corrected chi connectivity index (χ2v) is 5.16. The van der Waals surface area contributed by atoms with Gasteiger partial charge in [-0.15, -0.1) is 11.3 Å². The molecule has 2 heterocycles. The standard InChI is InChI=1S/C15H13N3S/c1-10-12(14-9-19-15(16)18-14)7-8-13(17-10)11-5-3-2-4-6-11/h2-9H,1H3,(H2,16,18). The fraction of sp³-hybridized carbons (Fsp3) is 0.0667. The third-order valence-electron chi connectivity index (χ3n) is 2.95. The summed E-state index contributed by atoms with van der Waals surface area (Å²) in [6.45, 7) is 2.00. The Bertz CT molecular complexity index is 704. The summed E-state index contributed by atoms with van der Waals surface area (Å²) < 4.78 is 0. The Kier molecular flexibility index (Phi) is 3.01. The highest BCUT2D eigenvalue weighted by atomic mass is 32.1. The van der Waals surface area contributed by atoms with Crippen molar-refractivity contribution < 1.29 is 0 Å². The molecular weight excluding hydrogens is 254 g/mol. The van der Waals surface area contributed by atoms with E-state index in [1.54, 1.807) is 0 Å². The lowest BCUT2D eigenvalue weighted by Crippen LogP contribution is -1.91. The normalized spacial score (nSPS) is 10.6. The highest BCUT2D eigenvalue weighted by Crippen LogP contribution is 2.27. The van der Waals surface area contributed by atoms with Gasteiger partial charge in [0.2, 0.25) is 0 Å². The van der Waals surface area contributed by atoms with Crippen molar-refractivity contribution in [3.8, 4) is 22.5 Å². The van der Waals surface area contributed by atoms with Crippen LogP contribution in [0.4, 0.5) is 5.13 Å². The molecule has 0 aliphatic rings. The molecule has 2 aromatic heterocycles. The van der Waals surface area contributed by atoms with Crippen LogP contribution in [0.25, 0.3) is 22.5 Å². The van der Waals surface area contributed by atoms with Gasteiger partial charge in [0.25, 0.3) is 0 Å². The van der Waals surface area contributed by atoms with Crippen LogP contribution in [0.3, 0.4) is 0 Å². The first-order chi connectivity index (χ1) is 9.24. The van der Waals surface area contributed by atoms with Crippen LogP contribution in [0.5, 0.6) is 0 Å². The molecule has 0 aliphatic carbocycles. The zero-order valence-electron chi connectivity index (χ0n) is 10.5. The Hall–Kier alpha value is -2.20. The lowest BCUT2D eigenvalue weighted by Gasteiger charge is -2.06. The number of aromatic nitrogens is 2. The number of pyridine rings is 1. The van der Waals surface area contributed by atoms with Crippen LogP contribution in [0.1, 0.15) is 5.69 Å². The first-order valence-corrected chi connectivity index (χ1v) is 6.86. The number of nitrogens with zero attached hydrogens (tertiary/aromatic N) is 2. The lowest BCUT2D eigenvalue weighted by molar-refractivity contribution is 1.20. The molecule has 4 heteroatoms. The molecule has 0 bridgehead atoms. The fourth-order valence-electron chi connectivity index (χ4n) is 2.01. The lowest BCUT2D eigenvalue weighted by atomic mass is 10.1. The van der Waals surface area contributed by atoms with E-state index < -0.39 is 0 Å². The predicted molar refractivity (Wildman–Crippen MR) is 79.9 cm³/mol. The Morgan fingerprint density at radius 2 is 1.74 bits per heavy atom. The van der Waals surface area contributed by atoms with Gasteiger partial charge in [-0.2, -0.15) is 0 Å². The van der Waals surface area contributed by atoms with Gasteiger partial charge < -0.3 is 5.73 Å². The highest BCUT2D eigenvalue weighted by molar-refractivity contribution is 7.13. The maximum atomic E-state index is 5.67. The quantitative estimate of drug-likeness (QED) is 0.769. The first kappa shape index (κ1) is 11.9. The summed E-state index contributed by atoms with van der Waals surface area (Å²) in [5.41, 5.74) is 10.7. The molecule has 94 valence electrons. The van der Waals surface area contributed by atoms with Crippen LogP contribution in [0.15, 0.2) is 47.8 Å². The van der Waals surface area contributed by atoms with Crippen LogP contribution in [-0.4, -0.2) is 9.97 Å². The molecule has 2 N–H and O–H groups in total. The minimum absolute atomic E-state index is 0.585. The molecular formula is C15H13N3S.